The zero-order chi connectivity index (χ0) is 39.1. The summed E-state index contributed by atoms with van der Waals surface area (Å²) in [5, 5.41) is 0. The fourth-order valence-corrected chi connectivity index (χ4v) is 9.11. The first-order chi connectivity index (χ1) is 28.6. The fourth-order valence-electron chi connectivity index (χ4n) is 9.11. The average molecular weight is 742 g/mol. The van der Waals surface area contributed by atoms with Crippen LogP contribution in [-0.2, 0) is 5.41 Å². The summed E-state index contributed by atoms with van der Waals surface area (Å²) in [6.45, 7) is 4.72. The summed E-state index contributed by atoms with van der Waals surface area (Å²) in [4.78, 5) is 2.46. The second-order valence-electron chi connectivity index (χ2n) is 15.7. The Balaban J connectivity index is 1.20. The van der Waals surface area contributed by atoms with Crippen LogP contribution in [0.5, 0.6) is 0 Å². The van der Waals surface area contributed by atoms with Crippen LogP contribution in [-0.4, -0.2) is 0 Å². The molecule has 0 saturated carbocycles. The molecule has 9 aromatic rings. The van der Waals surface area contributed by atoms with Crippen LogP contribution in [0.4, 0.5) is 17.1 Å². The van der Waals surface area contributed by atoms with Crippen molar-refractivity contribution in [1.82, 2.24) is 0 Å². The van der Waals surface area contributed by atoms with E-state index in [-0.39, 0.29) is 5.41 Å². The van der Waals surface area contributed by atoms with Gasteiger partial charge in [-0.1, -0.05) is 208 Å². The molecule has 1 aliphatic carbocycles. The fraction of sp³-hybridized carbons (Fsp3) is 0.0526. The lowest BCUT2D eigenvalue weighted by Crippen LogP contribution is -2.17. The third-order valence-electron chi connectivity index (χ3n) is 11.9. The van der Waals surface area contributed by atoms with Crippen LogP contribution in [0.2, 0.25) is 0 Å². The highest BCUT2D eigenvalue weighted by Gasteiger charge is 2.36. The van der Waals surface area contributed by atoms with E-state index >= 15 is 0 Å². The number of fused-ring (bicyclic) bond motifs is 3. The van der Waals surface area contributed by atoms with Gasteiger partial charge in [0.1, 0.15) is 0 Å². The Morgan fingerprint density at radius 3 is 1.43 bits per heavy atom. The summed E-state index contributed by atoms with van der Waals surface area (Å²) in [6, 6.07) is 81.9. The van der Waals surface area contributed by atoms with Gasteiger partial charge in [0, 0.05) is 22.4 Å². The van der Waals surface area contributed by atoms with Crippen molar-refractivity contribution in [3.63, 3.8) is 0 Å². The van der Waals surface area contributed by atoms with Crippen molar-refractivity contribution in [2.24, 2.45) is 0 Å². The van der Waals surface area contributed by atoms with Crippen LogP contribution in [0.25, 0.3) is 66.8 Å². The van der Waals surface area contributed by atoms with Gasteiger partial charge in [-0.25, -0.2) is 0 Å². The second-order valence-corrected chi connectivity index (χ2v) is 15.7. The van der Waals surface area contributed by atoms with Crippen LogP contribution in [0.3, 0.4) is 0 Å². The van der Waals surface area contributed by atoms with E-state index in [1.165, 1.54) is 72.3 Å². The second kappa shape index (κ2) is 14.7. The van der Waals surface area contributed by atoms with Crippen molar-refractivity contribution >= 4 is 17.1 Å². The quantitative estimate of drug-likeness (QED) is 0.150. The summed E-state index contributed by atoms with van der Waals surface area (Å²) in [5.41, 5.74) is 20.5. The predicted molar refractivity (Wildman–Crippen MR) is 246 cm³/mol. The SMILES string of the molecule is CC1(C)c2ccccc2-c2ccc(N(c3cccc(-c4cccc(-c5ccccc5)c4-c4ccccc4-c4ccccc4)c3)c3ccccc3-c3ccccc3)cc21. The average Bonchev–Trinajstić information content (AvgIpc) is 3.52. The van der Waals surface area contributed by atoms with Crippen LogP contribution < -0.4 is 4.90 Å². The minimum Gasteiger partial charge on any atom is -0.310 e. The third kappa shape index (κ3) is 6.13. The summed E-state index contributed by atoms with van der Waals surface area (Å²) in [5.74, 6) is 0. The van der Waals surface area contributed by atoms with E-state index in [1.54, 1.807) is 0 Å². The molecule has 0 amide bonds. The first-order valence-corrected chi connectivity index (χ1v) is 20.2. The van der Waals surface area contributed by atoms with Gasteiger partial charge in [-0.3, -0.25) is 0 Å². The normalized spacial score (nSPS) is 12.4. The van der Waals surface area contributed by atoms with Crippen LogP contribution >= 0.6 is 0 Å². The summed E-state index contributed by atoms with van der Waals surface area (Å²) < 4.78 is 0. The van der Waals surface area contributed by atoms with Gasteiger partial charge < -0.3 is 4.90 Å². The van der Waals surface area contributed by atoms with E-state index in [2.05, 4.69) is 243 Å². The molecule has 0 heterocycles. The van der Waals surface area contributed by atoms with Crippen molar-refractivity contribution in [3.8, 4) is 66.8 Å². The van der Waals surface area contributed by atoms with Crippen molar-refractivity contribution in [1.29, 1.82) is 0 Å². The van der Waals surface area contributed by atoms with Gasteiger partial charge in [0.15, 0.2) is 0 Å². The van der Waals surface area contributed by atoms with Gasteiger partial charge in [0.05, 0.1) is 5.69 Å². The number of para-hydroxylation sites is 1. The molecule has 0 saturated heterocycles. The van der Waals surface area contributed by atoms with Gasteiger partial charge in [-0.05, 0) is 103 Å². The minimum atomic E-state index is -0.132. The van der Waals surface area contributed by atoms with Crippen LogP contribution in [0, 0.1) is 0 Å². The molecular formula is C57H43N. The van der Waals surface area contributed by atoms with E-state index in [1.807, 2.05) is 0 Å². The van der Waals surface area contributed by atoms with Gasteiger partial charge >= 0.3 is 0 Å². The van der Waals surface area contributed by atoms with E-state index in [4.69, 9.17) is 0 Å². The Morgan fingerprint density at radius 2 is 0.741 bits per heavy atom. The highest BCUT2D eigenvalue weighted by Crippen LogP contribution is 2.52. The molecule has 0 atom stereocenters. The van der Waals surface area contributed by atoms with Gasteiger partial charge in [-0.15, -0.1) is 0 Å². The van der Waals surface area contributed by atoms with Gasteiger partial charge in [-0.2, -0.15) is 0 Å². The van der Waals surface area contributed by atoms with Crippen molar-refractivity contribution in [2.45, 2.75) is 19.3 Å². The van der Waals surface area contributed by atoms with Crippen LogP contribution in [0.15, 0.2) is 224 Å². The molecule has 276 valence electrons. The molecule has 0 bridgehead atoms. The van der Waals surface area contributed by atoms with Crippen molar-refractivity contribution < 1.29 is 0 Å². The number of benzene rings is 9. The minimum absolute atomic E-state index is 0.132. The number of hydrogen-bond acceptors (Lipinski definition) is 1. The number of nitrogens with zero attached hydrogens (tertiary/aromatic N) is 1. The zero-order valence-corrected chi connectivity index (χ0v) is 32.8. The third-order valence-corrected chi connectivity index (χ3v) is 11.9. The number of anilines is 3. The summed E-state index contributed by atoms with van der Waals surface area (Å²) >= 11 is 0. The highest BCUT2D eigenvalue weighted by molar-refractivity contribution is 6.00. The number of hydrogen-bond donors (Lipinski definition) is 0. The first-order valence-electron chi connectivity index (χ1n) is 20.2. The number of rotatable bonds is 8. The lowest BCUT2D eigenvalue weighted by Gasteiger charge is -2.30. The molecule has 0 radical (unpaired) electrons. The highest BCUT2D eigenvalue weighted by atomic mass is 15.1. The molecular weight excluding hydrogens is 699 g/mol. The summed E-state index contributed by atoms with van der Waals surface area (Å²) in [7, 11) is 0. The van der Waals surface area contributed by atoms with Crippen LogP contribution in [0.1, 0.15) is 25.0 Å². The standard InChI is InChI=1S/C57H43N/c1-57(2)53-34-16-14-30-50(53)51-37-36-45(39-54(51)57)58(55-35-17-15-29-47(55)41-22-8-4-9-23-41)44-27-18-26-43(38-44)49-33-19-32-48(42-24-10-5-11-25-42)56(49)52-31-13-12-28-46(52)40-20-6-3-7-21-40/h3-39H,1-2H3. The monoisotopic (exact) mass is 741 g/mol. The van der Waals surface area contributed by atoms with Gasteiger partial charge in [0.25, 0.3) is 0 Å². The van der Waals surface area contributed by atoms with E-state index in [0.29, 0.717) is 0 Å². The maximum atomic E-state index is 2.46. The Hall–Kier alpha value is -7.22. The molecule has 0 unspecified atom stereocenters. The molecule has 1 nitrogen and oxygen atoms in total. The largest absolute Gasteiger partial charge is 0.310 e. The smallest absolute Gasteiger partial charge is 0.0540 e. The molecule has 10 rings (SSSR count). The van der Waals surface area contributed by atoms with E-state index in [0.717, 1.165) is 22.6 Å². The Bertz CT molecular complexity index is 2910. The van der Waals surface area contributed by atoms with E-state index in [9.17, 15) is 0 Å². The summed E-state index contributed by atoms with van der Waals surface area (Å²) in [6.07, 6.45) is 0. The van der Waals surface area contributed by atoms with Crippen molar-refractivity contribution in [3.05, 3.63) is 236 Å². The molecule has 9 aromatic carbocycles. The molecule has 0 spiro atoms. The zero-order valence-electron chi connectivity index (χ0n) is 32.8. The van der Waals surface area contributed by atoms with Gasteiger partial charge in [0.2, 0.25) is 0 Å². The molecule has 1 aliphatic rings. The Morgan fingerprint density at radius 1 is 0.293 bits per heavy atom. The topological polar surface area (TPSA) is 3.24 Å². The maximum absolute atomic E-state index is 2.46. The maximum Gasteiger partial charge on any atom is 0.0540 e. The van der Waals surface area contributed by atoms with Crippen molar-refractivity contribution in [2.75, 3.05) is 4.90 Å². The lowest BCUT2D eigenvalue weighted by atomic mass is 9.82. The van der Waals surface area contributed by atoms with E-state index < -0.39 is 0 Å². The first kappa shape index (κ1) is 35.2. The lowest BCUT2D eigenvalue weighted by molar-refractivity contribution is 0.660. The molecule has 0 N–H and O–H groups in total. The predicted octanol–water partition coefficient (Wildman–Crippen LogP) is 15.8. The Labute approximate surface area is 342 Å². The molecule has 0 aliphatic heterocycles. The Kier molecular flexibility index (Phi) is 8.92. The molecule has 0 fully saturated rings. The molecule has 1 heteroatoms. The molecule has 0 aromatic heterocycles. The molecule has 58 heavy (non-hydrogen) atoms.